The van der Waals surface area contributed by atoms with Gasteiger partial charge in [0.1, 0.15) is 11.6 Å². The van der Waals surface area contributed by atoms with E-state index in [1.807, 2.05) is 53.4 Å². The molecule has 1 aliphatic heterocycles. The minimum atomic E-state index is -0.216. The van der Waals surface area contributed by atoms with Crippen LogP contribution in [0.25, 0.3) is 10.9 Å². The quantitative estimate of drug-likeness (QED) is 0.443. The van der Waals surface area contributed by atoms with Gasteiger partial charge in [-0.05, 0) is 66.6 Å². The molecule has 2 heterocycles. The average Bonchev–Trinajstić information content (AvgIpc) is 3.25. The highest BCUT2D eigenvalue weighted by Gasteiger charge is 2.49. The molecule has 2 atom stereocenters. The SMILES string of the molecule is COc1cccc([C@]23CCN(C(=O)c4ccccc4)CC2Cc2c([nH]c4c(F)cccc24)C3)c1. The van der Waals surface area contributed by atoms with Crippen molar-refractivity contribution in [2.45, 2.75) is 24.7 Å². The number of benzene rings is 3. The van der Waals surface area contributed by atoms with E-state index in [4.69, 9.17) is 4.74 Å². The zero-order valence-electron chi connectivity index (χ0n) is 19.2. The number of H-pyrrole nitrogens is 1. The van der Waals surface area contributed by atoms with Gasteiger partial charge in [-0.15, -0.1) is 0 Å². The van der Waals surface area contributed by atoms with Crippen LogP contribution >= 0.6 is 0 Å². The van der Waals surface area contributed by atoms with Crippen LogP contribution < -0.4 is 4.74 Å². The average molecular weight is 455 g/mol. The van der Waals surface area contributed by atoms with Crippen molar-refractivity contribution in [3.05, 3.63) is 101 Å². The van der Waals surface area contributed by atoms with Crippen molar-refractivity contribution in [1.82, 2.24) is 9.88 Å². The van der Waals surface area contributed by atoms with Crippen LogP contribution in [0.4, 0.5) is 4.39 Å². The van der Waals surface area contributed by atoms with Crippen LogP contribution in [-0.2, 0) is 18.3 Å². The van der Waals surface area contributed by atoms with Crippen LogP contribution in [-0.4, -0.2) is 36.0 Å². The molecule has 4 aromatic rings. The zero-order valence-corrected chi connectivity index (χ0v) is 19.2. The van der Waals surface area contributed by atoms with Crippen molar-refractivity contribution in [3.8, 4) is 5.75 Å². The molecule has 1 fully saturated rings. The number of ether oxygens (including phenoxy) is 1. The number of aromatic nitrogens is 1. The van der Waals surface area contributed by atoms with Gasteiger partial charge in [0.15, 0.2) is 0 Å². The lowest BCUT2D eigenvalue weighted by Crippen LogP contribution is -2.55. The van der Waals surface area contributed by atoms with Crippen LogP contribution in [0.5, 0.6) is 5.75 Å². The minimum absolute atomic E-state index is 0.0793. The second kappa shape index (κ2) is 8.01. The van der Waals surface area contributed by atoms with Crippen LogP contribution in [0, 0.1) is 11.7 Å². The maximum atomic E-state index is 14.6. The number of hydrogen-bond donors (Lipinski definition) is 1. The summed E-state index contributed by atoms with van der Waals surface area (Å²) >= 11 is 0. The number of halogens is 1. The molecule has 3 aromatic carbocycles. The summed E-state index contributed by atoms with van der Waals surface area (Å²) in [7, 11) is 1.69. The van der Waals surface area contributed by atoms with Crippen molar-refractivity contribution in [3.63, 3.8) is 0 Å². The fourth-order valence-electron chi connectivity index (χ4n) is 6.16. The van der Waals surface area contributed by atoms with Gasteiger partial charge in [0.05, 0.1) is 12.6 Å². The van der Waals surface area contributed by atoms with Gasteiger partial charge in [-0.25, -0.2) is 4.39 Å². The fourth-order valence-corrected chi connectivity index (χ4v) is 6.16. The van der Waals surface area contributed by atoms with Crippen molar-refractivity contribution in [1.29, 1.82) is 0 Å². The number of amides is 1. The van der Waals surface area contributed by atoms with Gasteiger partial charge < -0.3 is 14.6 Å². The van der Waals surface area contributed by atoms with Crippen LogP contribution in [0.3, 0.4) is 0 Å². The number of piperidine rings is 1. The van der Waals surface area contributed by atoms with E-state index in [1.165, 1.54) is 17.2 Å². The molecule has 1 aliphatic carbocycles. The Morgan fingerprint density at radius 2 is 1.91 bits per heavy atom. The first-order valence-corrected chi connectivity index (χ1v) is 11.9. The molecule has 0 bridgehead atoms. The number of likely N-dealkylation sites (tertiary alicyclic amines) is 1. The van der Waals surface area contributed by atoms with Crippen molar-refractivity contribution in [2.24, 2.45) is 5.92 Å². The van der Waals surface area contributed by atoms with Gasteiger partial charge in [-0.3, -0.25) is 4.79 Å². The number of para-hydroxylation sites is 1. The molecule has 0 saturated carbocycles. The summed E-state index contributed by atoms with van der Waals surface area (Å²) in [5.41, 5.74) is 4.69. The fraction of sp³-hybridized carbons (Fsp3) is 0.276. The molecular weight excluding hydrogens is 427 g/mol. The third kappa shape index (κ3) is 3.22. The lowest BCUT2D eigenvalue weighted by Gasteiger charge is -2.51. The number of rotatable bonds is 3. The first-order chi connectivity index (χ1) is 16.6. The van der Waals surface area contributed by atoms with E-state index in [0.717, 1.165) is 41.7 Å². The van der Waals surface area contributed by atoms with E-state index < -0.39 is 0 Å². The van der Waals surface area contributed by atoms with E-state index in [0.29, 0.717) is 18.6 Å². The number of methoxy groups -OCH3 is 1. The second-order valence-electron chi connectivity index (χ2n) is 9.58. The summed E-state index contributed by atoms with van der Waals surface area (Å²) in [6.45, 7) is 1.36. The summed E-state index contributed by atoms with van der Waals surface area (Å²) < 4.78 is 20.2. The Hall–Kier alpha value is -3.60. The maximum absolute atomic E-state index is 14.6. The van der Waals surface area contributed by atoms with Gasteiger partial charge >= 0.3 is 0 Å². The molecule has 1 unspecified atom stereocenters. The number of nitrogens with zero attached hydrogens (tertiary/aromatic N) is 1. The normalized spacial score (nSPS) is 21.7. The molecule has 0 spiro atoms. The number of carbonyl (C=O) groups excluding carboxylic acids is 1. The Morgan fingerprint density at radius 3 is 2.74 bits per heavy atom. The summed E-state index contributed by atoms with van der Waals surface area (Å²) in [6.07, 6.45) is 2.44. The highest BCUT2D eigenvalue weighted by molar-refractivity contribution is 5.94. The minimum Gasteiger partial charge on any atom is -0.497 e. The Kier molecular flexibility index (Phi) is 4.94. The predicted octanol–water partition coefficient (Wildman–Crippen LogP) is 5.51. The Morgan fingerprint density at radius 1 is 1.09 bits per heavy atom. The summed E-state index contributed by atoms with van der Waals surface area (Å²) in [6, 6.07) is 23.1. The Balaban J connectivity index is 1.44. The van der Waals surface area contributed by atoms with Crippen molar-refractivity contribution in [2.75, 3.05) is 20.2 Å². The topological polar surface area (TPSA) is 45.3 Å². The standard InChI is InChI=1S/C29H27FN2O2/c1-34-22-10-5-9-20(15-22)29-13-14-32(28(33)19-7-3-2-4-8-19)18-21(29)16-24-23-11-6-12-25(30)27(23)31-26(24)17-29/h2-12,15,21,31H,13-14,16-18H2,1H3/t21?,29-/m1/s1. The number of aromatic amines is 1. The molecule has 1 amide bonds. The molecule has 6 rings (SSSR count). The van der Waals surface area contributed by atoms with Gasteiger partial charge in [-0.1, -0.05) is 42.5 Å². The lowest BCUT2D eigenvalue weighted by molar-refractivity contribution is 0.0501. The largest absolute Gasteiger partial charge is 0.497 e. The molecule has 0 radical (unpaired) electrons. The van der Waals surface area contributed by atoms with Crippen molar-refractivity contribution < 1.29 is 13.9 Å². The molecule has 172 valence electrons. The van der Waals surface area contributed by atoms with E-state index >= 15 is 0 Å². The van der Waals surface area contributed by atoms with E-state index in [1.54, 1.807) is 13.2 Å². The number of carbonyl (C=O) groups is 1. The second-order valence-corrected chi connectivity index (χ2v) is 9.58. The molecule has 1 saturated heterocycles. The molecule has 34 heavy (non-hydrogen) atoms. The van der Waals surface area contributed by atoms with Gasteiger partial charge in [0.25, 0.3) is 5.91 Å². The maximum Gasteiger partial charge on any atom is 0.253 e. The highest BCUT2D eigenvalue weighted by atomic mass is 19.1. The molecule has 4 nitrogen and oxygen atoms in total. The van der Waals surface area contributed by atoms with E-state index in [9.17, 15) is 9.18 Å². The van der Waals surface area contributed by atoms with E-state index in [2.05, 4.69) is 17.1 Å². The molecule has 5 heteroatoms. The first-order valence-electron chi connectivity index (χ1n) is 11.9. The monoisotopic (exact) mass is 454 g/mol. The summed E-state index contributed by atoms with van der Waals surface area (Å²) in [5, 5.41) is 0.959. The van der Waals surface area contributed by atoms with Crippen LogP contribution in [0.2, 0.25) is 0 Å². The predicted molar refractivity (Wildman–Crippen MR) is 131 cm³/mol. The Bertz CT molecular complexity index is 1380. The van der Waals surface area contributed by atoms with Crippen LogP contribution in [0.15, 0.2) is 72.8 Å². The first kappa shape index (κ1) is 21.0. The smallest absolute Gasteiger partial charge is 0.253 e. The number of fused-ring (bicyclic) bond motifs is 4. The van der Waals surface area contributed by atoms with Gasteiger partial charge in [0.2, 0.25) is 0 Å². The summed E-state index contributed by atoms with van der Waals surface area (Å²) in [4.78, 5) is 18.7. The number of hydrogen-bond acceptors (Lipinski definition) is 2. The molecule has 1 aromatic heterocycles. The van der Waals surface area contributed by atoms with Gasteiger partial charge in [-0.2, -0.15) is 0 Å². The molecule has 1 N–H and O–H groups in total. The third-order valence-corrected chi connectivity index (χ3v) is 7.92. The summed E-state index contributed by atoms with van der Waals surface area (Å²) in [5.74, 6) is 0.916. The molecule has 2 aliphatic rings. The van der Waals surface area contributed by atoms with Crippen LogP contribution in [0.1, 0.15) is 33.6 Å². The highest BCUT2D eigenvalue weighted by Crippen LogP contribution is 2.49. The Labute approximate surface area is 198 Å². The van der Waals surface area contributed by atoms with Crippen molar-refractivity contribution >= 4 is 16.8 Å². The molecular formula is C29H27FN2O2. The lowest BCUT2D eigenvalue weighted by atomic mass is 9.58. The van der Waals surface area contributed by atoms with E-state index in [-0.39, 0.29) is 23.1 Å². The zero-order chi connectivity index (χ0) is 23.3. The third-order valence-electron chi connectivity index (χ3n) is 7.92. The number of nitrogens with one attached hydrogen (secondary N) is 1. The van der Waals surface area contributed by atoms with Gasteiger partial charge in [0, 0.05) is 35.1 Å².